The average molecular weight is 379 g/mol. The average Bonchev–Trinajstić information content (AvgIpc) is 3.00. The van der Waals surface area contributed by atoms with Gasteiger partial charge in [-0.3, -0.25) is 9.59 Å². The number of para-hydroxylation sites is 1. The van der Waals surface area contributed by atoms with Crippen molar-refractivity contribution in [3.63, 3.8) is 0 Å². The molecule has 1 aromatic heterocycles. The van der Waals surface area contributed by atoms with Gasteiger partial charge in [-0.15, -0.1) is 0 Å². The Labute approximate surface area is 162 Å². The van der Waals surface area contributed by atoms with E-state index in [9.17, 15) is 9.59 Å². The van der Waals surface area contributed by atoms with Gasteiger partial charge in [0.15, 0.2) is 0 Å². The topological polar surface area (TPSA) is 42.3 Å². The summed E-state index contributed by atoms with van der Waals surface area (Å²) in [5, 5.41) is 0.650. The Morgan fingerprint density at radius 2 is 1.81 bits per heavy atom. The summed E-state index contributed by atoms with van der Waals surface area (Å²) in [6.45, 7) is 2.40. The number of halogens is 1. The molecule has 3 aromatic rings. The summed E-state index contributed by atoms with van der Waals surface area (Å²) in [6, 6.07) is 18.6. The van der Waals surface area contributed by atoms with Crippen LogP contribution in [0.3, 0.4) is 0 Å². The van der Waals surface area contributed by atoms with E-state index in [-0.39, 0.29) is 23.1 Å². The molecule has 2 heterocycles. The lowest BCUT2D eigenvalue weighted by Gasteiger charge is -2.22. The standard InChI is InChI=1S/C22H19ClN2O2/c1-15-13-17-5-2-3-7-20(17)25(15)22(27)19-6-4-12-24(21(19)26)14-16-8-10-18(23)11-9-16/h2-12,15H,13-14H2,1H3/t15-/m0/s1. The maximum Gasteiger partial charge on any atom is 0.264 e. The second-order valence-electron chi connectivity index (χ2n) is 6.84. The number of fused-ring (bicyclic) bond motifs is 1. The molecule has 27 heavy (non-hydrogen) atoms. The molecule has 1 aliphatic heterocycles. The number of rotatable bonds is 3. The number of pyridine rings is 1. The van der Waals surface area contributed by atoms with E-state index in [1.807, 2.05) is 43.3 Å². The molecule has 1 amide bonds. The van der Waals surface area contributed by atoms with Gasteiger partial charge in [0, 0.05) is 22.9 Å². The van der Waals surface area contributed by atoms with Crippen molar-refractivity contribution in [2.45, 2.75) is 25.9 Å². The van der Waals surface area contributed by atoms with E-state index in [2.05, 4.69) is 0 Å². The number of hydrogen-bond acceptors (Lipinski definition) is 2. The molecule has 5 heteroatoms. The van der Waals surface area contributed by atoms with Gasteiger partial charge in [-0.25, -0.2) is 0 Å². The smallest absolute Gasteiger partial charge is 0.264 e. The Hall–Kier alpha value is -2.85. The monoisotopic (exact) mass is 378 g/mol. The van der Waals surface area contributed by atoms with Gasteiger partial charge in [0.25, 0.3) is 11.5 Å². The summed E-state index contributed by atoms with van der Waals surface area (Å²) in [4.78, 5) is 27.9. The number of anilines is 1. The van der Waals surface area contributed by atoms with E-state index in [0.29, 0.717) is 11.6 Å². The van der Waals surface area contributed by atoms with E-state index in [0.717, 1.165) is 23.2 Å². The number of amides is 1. The molecule has 1 atom stereocenters. The lowest BCUT2D eigenvalue weighted by atomic mass is 10.1. The van der Waals surface area contributed by atoms with Crippen LogP contribution in [-0.4, -0.2) is 16.5 Å². The van der Waals surface area contributed by atoms with Crippen molar-refractivity contribution in [3.8, 4) is 0 Å². The van der Waals surface area contributed by atoms with Crippen molar-refractivity contribution in [1.29, 1.82) is 0 Å². The summed E-state index contributed by atoms with van der Waals surface area (Å²) < 4.78 is 1.56. The fourth-order valence-electron chi connectivity index (χ4n) is 3.62. The van der Waals surface area contributed by atoms with Gasteiger partial charge < -0.3 is 9.47 Å². The Morgan fingerprint density at radius 3 is 2.59 bits per heavy atom. The summed E-state index contributed by atoms with van der Waals surface area (Å²) in [6.07, 6.45) is 2.50. The molecule has 136 valence electrons. The van der Waals surface area contributed by atoms with Crippen LogP contribution in [0.15, 0.2) is 71.7 Å². The van der Waals surface area contributed by atoms with Gasteiger partial charge in [0.2, 0.25) is 0 Å². The maximum atomic E-state index is 13.2. The molecule has 0 fully saturated rings. The Kier molecular flexibility index (Phi) is 4.58. The van der Waals surface area contributed by atoms with E-state index in [4.69, 9.17) is 11.6 Å². The number of nitrogens with zero attached hydrogens (tertiary/aromatic N) is 2. The molecule has 0 unspecified atom stereocenters. The lowest BCUT2D eigenvalue weighted by molar-refractivity contribution is 0.0979. The molecule has 0 spiro atoms. The van der Waals surface area contributed by atoms with Crippen molar-refractivity contribution >= 4 is 23.2 Å². The number of carbonyl (C=O) groups is 1. The highest BCUT2D eigenvalue weighted by Gasteiger charge is 2.32. The minimum Gasteiger partial charge on any atom is -0.310 e. The first kappa shape index (κ1) is 17.6. The van der Waals surface area contributed by atoms with Gasteiger partial charge in [-0.05, 0) is 54.8 Å². The molecule has 2 aromatic carbocycles. The zero-order valence-electron chi connectivity index (χ0n) is 14.9. The van der Waals surface area contributed by atoms with Crippen molar-refractivity contribution in [2.24, 2.45) is 0 Å². The van der Waals surface area contributed by atoms with Gasteiger partial charge in [-0.1, -0.05) is 41.9 Å². The molecule has 0 saturated heterocycles. The lowest BCUT2D eigenvalue weighted by Crippen LogP contribution is -2.39. The molecule has 4 nitrogen and oxygen atoms in total. The van der Waals surface area contributed by atoms with E-state index in [1.165, 1.54) is 0 Å². The van der Waals surface area contributed by atoms with Crippen molar-refractivity contribution in [2.75, 3.05) is 4.90 Å². The molecular formula is C22H19ClN2O2. The first-order chi connectivity index (χ1) is 13.0. The largest absolute Gasteiger partial charge is 0.310 e. The Morgan fingerprint density at radius 1 is 1.07 bits per heavy atom. The molecule has 0 saturated carbocycles. The van der Waals surface area contributed by atoms with Crippen LogP contribution >= 0.6 is 11.6 Å². The SMILES string of the molecule is C[C@H]1Cc2ccccc2N1C(=O)c1cccn(Cc2ccc(Cl)cc2)c1=O. The van der Waals surface area contributed by atoms with Crippen LogP contribution in [0.25, 0.3) is 0 Å². The number of hydrogen-bond donors (Lipinski definition) is 0. The van der Waals surface area contributed by atoms with Crippen molar-refractivity contribution < 1.29 is 4.79 Å². The summed E-state index contributed by atoms with van der Waals surface area (Å²) in [7, 11) is 0. The Bertz CT molecular complexity index is 1060. The molecule has 0 radical (unpaired) electrons. The van der Waals surface area contributed by atoms with Gasteiger partial charge >= 0.3 is 0 Å². The van der Waals surface area contributed by atoms with Crippen molar-refractivity contribution in [1.82, 2.24) is 4.57 Å². The zero-order valence-corrected chi connectivity index (χ0v) is 15.7. The fraction of sp³-hybridized carbons (Fsp3) is 0.182. The number of carbonyl (C=O) groups excluding carboxylic acids is 1. The van der Waals surface area contributed by atoms with Gasteiger partial charge in [0.05, 0.1) is 6.54 Å². The highest BCUT2D eigenvalue weighted by atomic mass is 35.5. The second kappa shape index (κ2) is 7.05. The minimum atomic E-state index is -0.283. The van der Waals surface area contributed by atoms with Gasteiger partial charge in [0.1, 0.15) is 5.56 Å². The summed E-state index contributed by atoms with van der Waals surface area (Å²) in [5.41, 5.74) is 2.88. The third-order valence-electron chi connectivity index (χ3n) is 4.94. The fourth-order valence-corrected chi connectivity index (χ4v) is 3.74. The third-order valence-corrected chi connectivity index (χ3v) is 5.19. The van der Waals surface area contributed by atoms with Crippen LogP contribution in [0, 0.1) is 0 Å². The third kappa shape index (κ3) is 3.28. The van der Waals surface area contributed by atoms with E-state index < -0.39 is 0 Å². The van der Waals surface area contributed by atoms with Crippen LogP contribution in [-0.2, 0) is 13.0 Å². The van der Waals surface area contributed by atoms with E-state index in [1.54, 1.807) is 39.9 Å². The second-order valence-corrected chi connectivity index (χ2v) is 7.27. The normalized spacial score (nSPS) is 15.6. The molecule has 4 rings (SSSR count). The van der Waals surface area contributed by atoms with Crippen molar-refractivity contribution in [3.05, 3.63) is 98.9 Å². The summed E-state index contributed by atoms with van der Waals surface area (Å²) in [5.74, 6) is -0.247. The van der Waals surface area contributed by atoms with Crippen LogP contribution in [0.1, 0.15) is 28.4 Å². The van der Waals surface area contributed by atoms with Crippen LogP contribution in [0.5, 0.6) is 0 Å². The highest BCUT2D eigenvalue weighted by Crippen LogP contribution is 2.32. The van der Waals surface area contributed by atoms with Crippen LogP contribution < -0.4 is 10.5 Å². The van der Waals surface area contributed by atoms with E-state index >= 15 is 0 Å². The molecule has 0 bridgehead atoms. The predicted molar refractivity (Wildman–Crippen MR) is 108 cm³/mol. The minimum absolute atomic E-state index is 0.0271. The first-order valence-corrected chi connectivity index (χ1v) is 9.28. The quantitative estimate of drug-likeness (QED) is 0.687. The first-order valence-electron chi connectivity index (χ1n) is 8.90. The predicted octanol–water partition coefficient (Wildman–Crippen LogP) is 4.14. The zero-order chi connectivity index (χ0) is 19.0. The Balaban J connectivity index is 1.67. The molecular weight excluding hydrogens is 360 g/mol. The molecule has 0 N–H and O–H groups in total. The maximum absolute atomic E-state index is 13.2. The summed E-state index contributed by atoms with van der Waals surface area (Å²) >= 11 is 5.92. The highest BCUT2D eigenvalue weighted by molar-refractivity contribution is 6.30. The molecule has 1 aliphatic rings. The molecule has 0 aliphatic carbocycles. The van der Waals surface area contributed by atoms with Gasteiger partial charge in [-0.2, -0.15) is 0 Å². The van der Waals surface area contributed by atoms with Crippen LogP contribution in [0.2, 0.25) is 5.02 Å². The van der Waals surface area contributed by atoms with Crippen LogP contribution in [0.4, 0.5) is 5.69 Å². The number of benzene rings is 2. The number of aromatic nitrogens is 1.